The van der Waals surface area contributed by atoms with Crippen molar-refractivity contribution in [1.29, 1.82) is 0 Å². The maximum Gasteiger partial charge on any atom is 0.232 e. The van der Waals surface area contributed by atoms with Gasteiger partial charge in [-0.2, -0.15) is 0 Å². The summed E-state index contributed by atoms with van der Waals surface area (Å²) in [7, 11) is 0. The van der Waals surface area contributed by atoms with Gasteiger partial charge in [0, 0.05) is 0 Å². The van der Waals surface area contributed by atoms with E-state index in [4.69, 9.17) is 5.73 Å². The van der Waals surface area contributed by atoms with Gasteiger partial charge in [0.2, 0.25) is 5.91 Å². The first-order valence-corrected chi connectivity index (χ1v) is 3.55. The summed E-state index contributed by atoms with van der Waals surface area (Å²) in [5, 5.41) is 0. The summed E-state index contributed by atoms with van der Waals surface area (Å²) < 4.78 is 0. The highest BCUT2D eigenvalue weighted by atomic mass is 16.2. The summed E-state index contributed by atoms with van der Waals surface area (Å²) in [4.78, 5) is 21.2. The number of carbonyl (C=O) groups excluding carboxylic acids is 2. The van der Waals surface area contributed by atoms with Crippen LogP contribution in [0.4, 0.5) is 0 Å². The van der Waals surface area contributed by atoms with Gasteiger partial charge in [0.1, 0.15) is 12.2 Å². The molecule has 0 fully saturated rings. The summed E-state index contributed by atoms with van der Waals surface area (Å²) in [6.45, 7) is 0. The van der Waals surface area contributed by atoms with E-state index in [0.717, 1.165) is 0 Å². The van der Waals surface area contributed by atoms with Crippen LogP contribution in [0.1, 0.15) is 11.5 Å². The van der Waals surface area contributed by atoms with Crippen LogP contribution in [0.25, 0.3) is 0 Å². The van der Waals surface area contributed by atoms with E-state index in [1.165, 1.54) is 0 Å². The largest absolute Gasteiger partial charge is 0.369 e. The summed E-state index contributed by atoms with van der Waals surface area (Å²) >= 11 is 0. The molecule has 1 aromatic rings. The third kappa shape index (κ3) is 1.69. The zero-order chi connectivity index (χ0) is 8.97. The van der Waals surface area contributed by atoms with Crippen molar-refractivity contribution in [3.8, 4) is 0 Å². The first-order chi connectivity index (χ1) is 5.75. The quantitative estimate of drug-likeness (QED) is 0.519. The molecule has 0 saturated carbocycles. The second-order valence-corrected chi connectivity index (χ2v) is 2.43. The number of hydrogen-bond donors (Lipinski definition) is 1. The molecule has 0 aliphatic heterocycles. The minimum Gasteiger partial charge on any atom is -0.369 e. The van der Waals surface area contributed by atoms with Crippen LogP contribution in [0.2, 0.25) is 0 Å². The molecule has 0 heterocycles. The van der Waals surface area contributed by atoms with Crippen molar-refractivity contribution in [3.05, 3.63) is 35.9 Å². The Morgan fingerprint density at radius 1 is 1.33 bits per heavy atom. The van der Waals surface area contributed by atoms with E-state index < -0.39 is 11.8 Å². The highest BCUT2D eigenvalue weighted by Crippen LogP contribution is 2.11. The second-order valence-electron chi connectivity index (χ2n) is 2.43. The van der Waals surface area contributed by atoms with Crippen LogP contribution in [0.3, 0.4) is 0 Å². The molecule has 1 unspecified atom stereocenters. The molecule has 0 radical (unpaired) electrons. The van der Waals surface area contributed by atoms with Crippen LogP contribution in [0.5, 0.6) is 0 Å². The number of nitrogens with two attached hydrogens (primary N) is 1. The van der Waals surface area contributed by atoms with Crippen molar-refractivity contribution < 1.29 is 9.59 Å². The van der Waals surface area contributed by atoms with Crippen molar-refractivity contribution in [1.82, 2.24) is 0 Å². The van der Waals surface area contributed by atoms with Gasteiger partial charge in [-0.3, -0.25) is 4.79 Å². The van der Waals surface area contributed by atoms with Crippen molar-refractivity contribution in [2.24, 2.45) is 5.73 Å². The summed E-state index contributed by atoms with van der Waals surface area (Å²) in [5.74, 6) is -1.43. The molecule has 3 heteroatoms. The molecule has 0 aliphatic rings. The molecular weight excluding hydrogens is 154 g/mol. The average Bonchev–Trinajstić information content (AvgIpc) is 2.07. The third-order valence-electron chi connectivity index (χ3n) is 1.60. The third-order valence-corrected chi connectivity index (χ3v) is 1.60. The van der Waals surface area contributed by atoms with Crippen molar-refractivity contribution in [3.63, 3.8) is 0 Å². The fraction of sp³-hybridized carbons (Fsp3) is 0.111. The van der Waals surface area contributed by atoms with Gasteiger partial charge in [0.05, 0.1) is 0 Å². The number of carbonyl (C=O) groups is 2. The topological polar surface area (TPSA) is 60.2 Å². The van der Waals surface area contributed by atoms with Gasteiger partial charge in [0.15, 0.2) is 0 Å². The Bertz CT molecular complexity index is 282. The molecule has 12 heavy (non-hydrogen) atoms. The summed E-state index contributed by atoms with van der Waals surface area (Å²) in [5.41, 5.74) is 5.65. The van der Waals surface area contributed by atoms with Crippen LogP contribution in [0.15, 0.2) is 30.3 Å². The Labute approximate surface area is 70.2 Å². The average molecular weight is 163 g/mol. The molecule has 1 aromatic carbocycles. The monoisotopic (exact) mass is 163 g/mol. The van der Waals surface area contributed by atoms with Crippen LogP contribution < -0.4 is 5.73 Å². The normalized spacial score (nSPS) is 12.0. The van der Waals surface area contributed by atoms with Crippen LogP contribution in [-0.4, -0.2) is 12.2 Å². The highest BCUT2D eigenvalue weighted by Gasteiger charge is 2.15. The number of rotatable bonds is 3. The number of aldehydes is 1. The number of benzene rings is 1. The van der Waals surface area contributed by atoms with E-state index in [9.17, 15) is 9.59 Å². The van der Waals surface area contributed by atoms with Gasteiger partial charge < -0.3 is 10.5 Å². The summed E-state index contributed by atoms with van der Waals surface area (Å²) in [6, 6.07) is 8.73. The molecular formula is C9H9NO2. The summed E-state index contributed by atoms with van der Waals surface area (Å²) in [6.07, 6.45) is 0.553. The van der Waals surface area contributed by atoms with Crippen LogP contribution in [0, 0.1) is 0 Å². The standard InChI is InChI=1S/C9H9NO2/c10-9(12)8(6-11)7-4-2-1-3-5-7/h1-6,8H,(H2,10,12). The molecule has 0 aromatic heterocycles. The molecule has 1 amide bonds. The van der Waals surface area contributed by atoms with Crippen molar-refractivity contribution >= 4 is 12.2 Å². The van der Waals surface area contributed by atoms with E-state index >= 15 is 0 Å². The maximum absolute atomic E-state index is 10.7. The van der Waals surface area contributed by atoms with Gasteiger partial charge in [-0.05, 0) is 5.56 Å². The number of hydrogen-bond acceptors (Lipinski definition) is 2. The zero-order valence-electron chi connectivity index (χ0n) is 6.44. The lowest BCUT2D eigenvalue weighted by atomic mass is 10.0. The smallest absolute Gasteiger partial charge is 0.232 e. The first-order valence-electron chi connectivity index (χ1n) is 3.55. The molecule has 0 saturated heterocycles. The predicted molar refractivity (Wildman–Crippen MR) is 44.4 cm³/mol. The molecule has 0 spiro atoms. The van der Waals surface area contributed by atoms with Crippen LogP contribution >= 0.6 is 0 Å². The van der Waals surface area contributed by atoms with Gasteiger partial charge in [0.25, 0.3) is 0 Å². The maximum atomic E-state index is 10.7. The molecule has 3 nitrogen and oxygen atoms in total. The molecule has 1 rings (SSSR count). The minimum absolute atomic E-state index is 0.553. The lowest BCUT2D eigenvalue weighted by Gasteiger charge is -2.04. The van der Waals surface area contributed by atoms with Gasteiger partial charge in [-0.15, -0.1) is 0 Å². The SMILES string of the molecule is NC(=O)C(C=O)c1ccccc1. The number of amides is 1. The zero-order valence-corrected chi connectivity index (χ0v) is 6.44. The molecule has 62 valence electrons. The van der Waals surface area contributed by atoms with E-state index in [0.29, 0.717) is 11.8 Å². The van der Waals surface area contributed by atoms with Gasteiger partial charge in [-0.25, -0.2) is 0 Å². The molecule has 1 atom stereocenters. The Kier molecular flexibility index (Phi) is 2.58. The van der Waals surface area contributed by atoms with E-state index in [2.05, 4.69) is 0 Å². The Hall–Kier alpha value is -1.64. The Balaban J connectivity index is 2.95. The van der Waals surface area contributed by atoms with E-state index in [1.807, 2.05) is 6.07 Å². The van der Waals surface area contributed by atoms with Gasteiger partial charge in [-0.1, -0.05) is 30.3 Å². The minimum atomic E-state index is -0.814. The van der Waals surface area contributed by atoms with Gasteiger partial charge >= 0.3 is 0 Å². The van der Waals surface area contributed by atoms with Crippen LogP contribution in [-0.2, 0) is 9.59 Å². The Morgan fingerprint density at radius 2 is 1.92 bits per heavy atom. The van der Waals surface area contributed by atoms with Crippen molar-refractivity contribution in [2.75, 3.05) is 0 Å². The molecule has 2 N–H and O–H groups in total. The first kappa shape index (κ1) is 8.46. The lowest BCUT2D eigenvalue weighted by Crippen LogP contribution is -2.22. The lowest BCUT2D eigenvalue weighted by molar-refractivity contribution is -0.123. The highest BCUT2D eigenvalue weighted by molar-refractivity contribution is 5.96. The van der Waals surface area contributed by atoms with E-state index in [-0.39, 0.29) is 0 Å². The van der Waals surface area contributed by atoms with E-state index in [1.54, 1.807) is 24.3 Å². The molecule has 0 aliphatic carbocycles. The second kappa shape index (κ2) is 3.67. The fourth-order valence-corrected chi connectivity index (χ4v) is 0.970. The molecule has 0 bridgehead atoms. The van der Waals surface area contributed by atoms with Crippen molar-refractivity contribution in [2.45, 2.75) is 5.92 Å². The fourth-order valence-electron chi connectivity index (χ4n) is 0.970. The Morgan fingerprint density at radius 3 is 2.33 bits per heavy atom. The number of primary amides is 1. The predicted octanol–water partition coefficient (Wildman–Crippen LogP) is 0.454.